The molecule has 1 aromatic heterocycles. The number of hydrogen-bond acceptors (Lipinski definition) is 4. The zero-order valence-electron chi connectivity index (χ0n) is 14.6. The Morgan fingerprint density at radius 1 is 1.26 bits per heavy atom. The van der Waals surface area contributed by atoms with Crippen LogP contribution in [-0.2, 0) is 15.8 Å². The Hall–Kier alpha value is -2.90. The molecule has 8 heteroatoms. The van der Waals surface area contributed by atoms with Crippen LogP contribution < -0.4 is 0 Å². The molecule has 0 saturated carbocycles. The third-order valence-corrected chi connectivity index (χ3v) is 3.85. The summed E-state index contributed by atoms with van der Waals surface area (Å²) in [5.74, 6) is -1.39. The van der Waals surface area contributed by atoms with Gasteiger partial charge in [0.1, 0.15) is 12.3 Å². The predicted octanol–water partition coefficient (Wildman–Crippen LogP) is 4.37. The van der Waals surface area contributed by atoms with Crippen molar-refractivity contribution in [2.75, 3.05) is 6.61 Å². The molecule has 0 aliphatic rings. The van der Waals surface area contributed by atoms with E-state index in [0.717, 1.165) is 12.1 Å². The zero-order valence-corrected chi connectivity index (χ0v) is 14.6. The van der Waals surface area contributed by atoms with Gasteiger partial charge in [0.05, 0.1) is 11.5 Å². The second-order valence-corrected chi connectivity index (χ2v) is 5.97. The molecule has 1 atom stereocenters. The highest BCUT2D eigenvalue weighted by Crippen LogP contribution is 2.30. The van der Waals surface area contributed by atoms with Crippen LogP contribution in [0.15, 0.2) is 53.9 Å². The Morgan fingerprint density at radius 3 is 2.63 bits per heavy atom. The van der Waals surface area contributed by atoms with Gasteiger partial charge in [0.25, 0.3) is 0 Å². The number of alkyl halides is 3. The molecule has 0 amide bonds. The number of carbonyl (C=O) groups is 1. The molecule has 1 heterocycles. The highest BCUT2D eigenvalue weighted by atomic mass is 19.4. The maximum Gasteiger partial charge on any atom is 0.416 e. The van der Waals surface area contributed by atoms with Crippen LogP contribution in [0.3, 0.4) is 0 Å². The van der Waals surface area contributed by atoms with Gasteiger partial charge in [0.15, 0.2) is 0 Å². The molecule has 0 saturated heterocycles. The molecule has 1 aromatic carbocycles. The van der Waals surface area contributed by atoms with Crippen molar-refractivity contribution < 1.29 is 27.9 Å². The first-order chi connectivity index (χ1) is 12.8. The van der Waals surface area contributed by atoms with Gasteiger partial charge in [-0.2, -0.15) is 13.2 Å². The second kappa shape index (κ2) is 9.16. The monoisotopic (exact) mass is 380 g/mol. The summed E-state index contributed by atoms with van der Waals surface area (Å²) in [7, 11) is 0. The maximum absolute atomic E-state index is 13.0. The van der Waals surface area contributed by atoms with E-state index in [1.165, 1.54) is 18.3 Å². The Morgan fingerprint density at radius 2 is 2.00 bits per heavy atom. The van der Waals surface area contributed by atoms with E-state index in [-0.39, 0.29) is 17.9 Å². The summed E-state index contributed by atoms with van der Waals surface area (Å²) in [6.45, 7) is 1.75. The second-order valence-electron chi connectivity index (χ2n) is 5.97. The summed E-state index contributed by atoms with van der Waals surface area (Å²) in [5, 5.41) is 12.8. The third-order valence-electron chi connectivity index (χ3n) is 3.85. The summed E-state index contributed by atoms with van der Waals surface area (Å²) < 4.78 is 39.0. The number of nitrogens with zero attached hydrogens (tertiary/aromatic N) is 2. The van der Waals surface area contributed by atoms with Gasteiger partial charge in [-0.15, -0.1) is 0 Å². The Bertz CT molecular complexity index is 792. The van der Waals surface area contributed by atoms with E-state index in [1.807, 2.05) is 0 Å². The van der Waals surface area contributed by atoms with Crippen molar-refractivity contribution in [3.05, 3.63) is 65.5 Å². The minimum Gasteiger partial charge on any atom is -0.481 e. The van der Waals surface area contributed by atoms with Crippen LogP contribution in [0, 0.1) is 5.92 Å². The fourth-order valence-electron chi connectivity index (χ4n) is 2.31. The predicted molar refractivity (Wildman–Crippen MR) is 93.3 cm³/mol. The van der Waals surface area contributed by atoms with E-state index >= 15 is 0 Å². The number of aliphatic carboxylic acids is 1. The average molecular weight is 380 g/mol. The van der Waals surface area contributed by atoms with Crippen LogP contribution in [0.4, 0.5) is 13.2 Å². The first kappa shape index (κ1) is 20.4. The number of carboxylic acids is 1. The number of benzene rings is 1. The molecule has 5 nitrogen and oxygen atoms in total. The SMILES string of the molecule is CC(CCCON=C(c1cccnc1)c1cccc(C(F)(F)F)c1)C(=O)O. The lowest BCUT2D eigenvalue weighted by Crippen LogP contribution is -2.11. The fourth-order valence-corrected chi connectivity index (χ4v) is 2.31. The van der Waals surface area contributed by atoms with Gasteiger partial charge in [-0.05, 0) is 37.1 Å². The van der Waals surface area contributed by atoms with Crippen molar-refractivity contribution in [1.29, 1.82) is 0 Å². The van der Waals surface area contributed by atoms with Crippen molar-refractivity contribution in [1.82, 2.24) is 4.98 Å². The lowest BCUT2D eigenvalue weighted by molar-refractivity contribution is -0.141. The standard InChI is InChI=1S/C19H19F3N2O3/c1-13(18(25)26)5-4-10-27-24-17(15-7-3-9-23-12-15)14-6-2-8-16(11-14)19(20,21)22/h2-3,6-9,11-13H,4-5,10H2,1H3,(H,25,26). The lowest BCUT2D eigenvalue weighted by Gasteiger charge is -2.11. The maximum atomic E-state index is 13.0. The third kappa shape index (κ3) is 6.09. The lowest BCUT2D eigenvalue weighted by atomic mass is 10.0. The Labute approximate surface area is 154 Å². The molecule has 0 spiro atoms. The summed E-state index contributed by atoms with van der Waals surface area (Å²) in [4.78, 5) is 20.0. The normalized spacial score (nSPS) is 13.3. The Balaban J connectivity index is 2.19. The fraction of sp³-hybridized carbons (Fsp3) is 0.316. The summed E-state index contributed by atoms with van der Waals surface area (Å²) in [6.07, 6.45) is -0.573. The number of oxime groups is 1. The van der Waals surface area contributed by atoms with Crippen molar-refractivity contribution in [2.45, 2.75) is 25.9 Å². The number of carboxylic acid groups (broad SMARTS) is 1. The molecule has 0 fully saturated rings. The van der Waals surface area contributed by atoms with Crippen LogP contribution in [0.5, 0.6) is 0 Å². The first-order valence-electron chi connectivity index (χ1n) is 8.30. The molecule has 2 rings (SSSR count). The molecule has 1 unspecified atom stereocenters. The molecule has 27 heavy (non-hydrogen) atoms. The highest BCUT2D eigenvalue weighted by molar-refractivity contribution is 6.12. The first-order valence-corrected chi connectivity index (χ1v) is 8.30. The van der Waals surface area contributed by atoms with Gasteiger partial charge in [0, 0.05) is 23.5 Å². The summed E-state index contributed by atoms with van der Waals surface area (Å²) >= 11 is 0. The highest BCUT2D eigenvalue weighted by Gasteiger charge is 2.30. The number of aromatic nitrogens is 1. The van der Waals surface area contributed by atoms with Gasteiger partial charge >= 0.3 is 12.1 Å². The van der Waals surface area contributed by atoms with E-state index in [4.69, 9.17) is 9.94 Å². The van der Waals surface area contributed by atoms with Crippen molar-refractivity contribution >= 4 is 11.7 Å². The zero-order chi connectivity index (χ0) is 19.9. The van der Waals surface area contributed by atoms with Crippen LogP contribution in [-0.4, -0.2) is 28.4 Å². The van der Waals surface area contributed by atoms with Gasteiger partial charge in [-0.25, -0.2) is 0 Å². The van der Waals surface area contributed by atoms with Crippen LogP contribution >= 0.6 is 0 Å². The molecule has 2 aromatic rings. The molecule has 144 valence electrons. The van der Waals surface area contributed by atoms with E-state index in [0.29, 0.717) is 18.4 Å². The van der Waals surface area contributed by atoms with Crippen LogP contribution in [0.25, 0.3) is 0 Å². The topological polar surface area (TPSA) is 71.8 Å². The Kier molecular flexibility index (Phi) is 6.92. The van der Waals surface area contributed by atoms with E-state index in [9.17, 15) is 18.0 Å². The molecular weight excluding hydrogens is 361 g/mol. The number of hydrogen-bond donors (Lipinski definition) is 1. The summed E-state index contributed by atoms with van der Waals surface area (Å²) in [5.41, 5.74) is 0.194. The minimum atomic E-state index is -4.47. The van der Waals surface area contributed by atoms with E-state index in [2.05, 4.69) is 10.1 Å². The van der Waals surface area contributed by atoms with Gasteiger partial charge in [-0.3, -0.25) is 9.78 Å². The van der Waals surface area contributed by atoms with Crippen LogP contribution in [0.2, 0.25) is 0 Å². The molecular formula is C19H19F3N2O3. The van der Waals surface area contributed by atoms with E-state index < -0.39 is 23.6 Å². The smallest absolute Gasteiger partial charge is 0.416 e. The number of pyridine rings is 1. The minimum absolute atomic E-state index is 0.153. The van der Waals surface area contributed by atoms with E-state index in [1.54, 1.807) is 25.3 Å². The number of rotatable bonds is 8. The largest absolute Gasteiger partial charge is 0.481 e. The van der Waals surface area contributed by atoms with Gasteiger partial charge in [0.2, 0.25) is 0 Å². The molecule has 1 N–H and O–H groups in total. The van der Waals surface area contributed by atoms with Crippen molar-refractivity contribution in [2.24, 2.45) is 11.1 Å². The molecule has 0 radical (unpaired) electrons. The van der Waals surface area contributed by atoms with Gasteiger partial charge < -0.3 is 9.94 Å². The quantitative estimate of drug-likeness (QED) is 0.419. The molecule has 0 aliphatic heterocycles. The molecule has 0 aliphatic carbocycles. The summed E-state index contributed by atoms with van der Waals surface area (Å²) in [6, 6.07) is 8.12. The van der Waals surface area contributed by atoms with Crippen molar-refractivity contribution in [3.63, 3.8) is 0 Å². The van der Waals surface area contributed by atoms with Crippen molar-refractivity contribution in [3.8, 4) is 0 Å². The molecule has 0 bridgehead atoms. The van der Waals surface area contributed by atoms with Gasteiger partial charge in [-0.1, -0.05) is 24.2 Å². The number of halogens is 3. The van der Waals surface area contributed by atoms with Crippen LogP contribution in [0.1, 0.15) is 36.5 Å². The average Bonchev–Trinajstić information content (AvgIpc) is 2.64.